The number of rotatable bonds is 4. The second kappa shape index (κ2) is 7.32. The molecule has 0 spiro atoms. The van der Waals surface area contributed by atoms with E-state index in [9.17, 15) is 32.0 Å². The molecule has 0 amide bonds. The van der Waals surface area contributed by atoms with Crippen LogP contribution in [-0.4, -0.2) is 4.98 Å². The van der Waals surface area contributed by atoms with Crippen LogP contribution in [0.1, 0.15) is 30.5 Å². The summed E-state index contributed by atoms with van der Waals surface area (Å²) in [5, 5.41) is 10.3. The predicted molar refractivity (Wildman–Crippen MR) is 96.8 cm³/mol. The zero-order valence-electron chi connectivity index (χ0n) is 15.5. The molecule has 1 aromatic heterocycles. The Morgan fingerprint density at radius 2 is 1.59 bits per heavy atom. The zero-order valence-corrected chi connectivity index (χ0v) is 15.5. The van der Waals surface area contributed by atoms with Crippen LogP contribution in [-0.2, 0) is 18.3 Å². The van der Waals surface area contributed by atoms with Crippen LogP contribution < -0.4 is 5.56 Å². The minimum atomic E-state index is -2.25. The number of aromatic nitrogens is 1. The van der Waals surface area contributed by atoms with Crippen molar-refractivity contribution in [3.63, 3.8) is 0 Å². The summed E-state index contributed by atoms with van der Waals surface area (Å²) in [6, 6.07) is 8.18. The Morgan fingerprint density at radius 3 is 2.14 bits per heavy atom. The molecule has 0 aliphatic carbocycles. The van der Waals surface area contributed by atoms with E-state index in [4.69, 9.17) is 0 Å². The topological polar surface area (TPSA) is 56.6 Å². The molecule has 3 aromatic rings. The number of hydrogen-bond acceptors (Lipinski definition) is 2. The number of halogens is 5. The van der Waals surface area contributed by atoms with Crippen molar-refractivity contribution >= 4 is 10.9 Å². The summed E-state index contributed by atoms with van der Waals surface area (Å²) >= 11 is 0. The molecule has 3 rings (SSSR count). The lowest BCUT2D eigenvalue weighted by Crippen LogP contribution is -2.25. The lowest BCUT2D eigenvalue weighted by Gasteiger charge is -2.23. The number of nitrogens with zero attached hydrogens (tertiary/aromatic N) is 1. The molecule has 0 aliphatic heterocycles. The third-order valence-corrected chi connectivity index (χ3v) is 5.02. The van der Waals surface area contributed by atoms with Gasteiger partial charge in [0.2, 0.25) is 5.82 Å². The Balaban J connectivity index is 2.14. The highest BCUT2D eigenvalue weighted by Crippen LogP contribution is 2.33. The van der Waals surface area contributed by atoms with Gasteiger partial charge >= 0.3 is 0 Å². The fraction of sp³-hybridized carbons (Fsp3) is 0.238. The Hall–Kier alpha value is -3.21. The summed E-state index contributed by atoms with van der Waals surface area (Å²) in [5.74, 6) is -10.3. The molecule has 1 atom stereocenters. The summed E-state index contributed by atoms with van der Waals surface area (Å²) < 4.78 is 68.5. The smallest absolute Gasteiger partial charge is 0.251 e. The van der Waals surface area contributed by atoms with Gasteiger partial charge in [-0.2, -0.15) is 5.26 Å². The molecule has 0 bridgehead atoms. The van der Waals surface area contributed by atoms with Crippen molar-refractivity contribution in [3.05, 3.63) is 80.4 Å². The van der Waals surface area contributed by atoms with E-state index in [2.05, 4.69) is 4.98 Å². The van der Waals surface area contributed by atoms with Gasteiger partial charge in [-0.15, -0.1) is 0 Å². The number of nitriles is 1. The van der Waals surface area contributed by atoms with Crippen molar-refractivity contribution in [2.45, 2.75) is 32.1 Å². The fourth-order valence-electron chi connectivity index (χ4n) is 3.22. The van der Waals surface area contributed by atoms with Gasteiger partial charge in [0.15, 0.2) is 23.3 Å². The van der Waals surface area contributed by atoms with Crippen LogP contribution in [0.25, 0.3) is 10.9 Å². The molecule has 8 heteroatoms. The summed E-state index contributed by atoms with van der Waals surface area (Å²) in [5.41, 5.74) is -1.78. The summed E-state index contributed by atoms with van der Waals surface area (Å²) in [7, 11) is 0. The molecule has 1 unspecified atom stereocenters. The normalized spacial score (nSPS) is 13.3. The highest BCUT2D eigenvalue weighted by atomic mass is 19.2. The molecule has 1 heterocycles. The van der Waals surface area contributed by atoms with Crippen molar-refractivity contribution in [1.82, 2.24) is 4.98 Å². The molecular formula is C21H15F5N2O. The van der Waals surface area contributed by atoms with Gasteiger partial charge in [0.05, 0.1) is 11.5 Å². The molecule has 2 aromatic carbocycles. The molecule has 150 valence electrons. The zero-order chi connectivity index (χ0) is 21.5. The molecule has 0 saturated carbocycles. The Kier molecular flexibility index (Phi) is 5.18. The highest BCUT2D eigenvalue weighted by molar-refractivity contribution is 5.80. The van der Waals surface area contributed by atoms with Gasteiger partial charge in [-0.05, 0) is 36.4 Å². The van der Waals surface area contributed by atoms with E-state index < -0.39 is 46.5 Å². The first-order valence-electron chi connectivity index (χ1n) is 8.71. The second-order valence-electron chi connectivity index (χ2n) is 6.95. The minimum absolute atomic E-state index is 0.260. The van der Waals surface area contributed by atoms with Crippen molar-refractivity contribution in [2.24, 2.45) is 0 Å². The van der Waals surface area contributed by atoms with E-state index in [1.54, 1.807) is 12.1 Å². The van der Waals surface area contributed by atoms with Gasteiger partial charge in [-0.25, -0.2) is 22.0 Å². The number of aromatic amines is 1. The number of hydrogen-bond donors (Lipinski definition) is 1. The Labute approximate surface area is 162 Å². The highest BCUT2D eigenvalue weighted by Gasteiger charge is 2.34. The quantitative estimate of drug-likeness (QED) is 0.384. The molecule has 0 fully saturated rings. The van der Waals surface area contributed by atoms with Crippen LogP contribution in [0.15, 0.2) is 29.1 Å². The third-order valence-electron chi connectivity index (χ3n) is 5.02. The molecule has 0 radical (unpaired) electrons. The van der Waals surface area contributed by atoms with Crippen LogP contribution in [0.3, 0.4) is 0 Å². The van der Waals surface area contributed by atoms with Gasteiger partial charge in [0.25, 0.3) is 5.56 Å². The molecule has 0 aliphatic rings. The van der Waals surface area contributed by atoms with E-state index in [1.165, 1.54) is 19.1 Å². The maximum absolute atomic E-state index is 14.1. The Morgan fingerprint density at radius 1 is 1.00 bits per heavy atom. The monoisotopic (exact) mass is 406 g/mol. The minimum Gasteiger partial charge on any atom is -0.322 e. The summed E-state index contributed by atoms with van der Waals surface area (Å²) in [6.07, 6.45) is -0.235. The van der Waals surface area contributed by atoms with Crippen molar-refractivity contribution in [2.75, 3.05) is 0 Å². The van der Waals surface area contributed by atoms with E-state index in [-0.39, 0.29) is 11.1 Å². The lowest BCUT2D eigenvalue weighted by molar-refractivity contribution is 0.365. The van der Waals surface area contributed by atoms with E-state index in [0.717, 1.165) is 0 Å². The Bertz CT molecular complexity index is 1200. The van der Waals surface area contributed by atoms with Gasteiger partial charge in [0.1, 0.15) is 0 Å². The molecule has 0 saturated heterocycles. The van der Waals surface area contributed by atoms with E-state index in [1.807, 2.05) is 13.0 Å². The van der Waals surface area contributed by atoms with Crippen LogP contribution in [0.4, 0.5) is 22.0 Å². The third kappa shape index (κ3) is 3.37. The number of pyridine rings is 1. The first-order chi connectivity index (χ1) is 13.6. The van der Waals surface area contributed by atoms with Gasteiger partial charge in [0, 0.05) is 23.1 Å². The van der Waals surface area contributed by atoms with Gasteiger partial charge in [-0.1, -0.05) is 19.1 Å². The van der Waals surface area contributed by atoms with E-state index in [0.29, 0.717) is 22.9 Å². The number of H-pyrrole nitrogens is 1. The maximum Gasteiger partial charge on any atom is 0.251 e. The van der Waals surface area contributed by atoms with Gasteiger partial charge < -0.3 is 4.98 Å². The van der Waals surface area contributed by atoms with Crippen molar-refractivity contribution in [3.8, 4) is 6.07 Å². The van der Waals surface area contributed by atoms with Crippen LogP contribution in [0, 0.1) is 40.4 Å². The average molecular weight is 406 g/mol. The summed E-state index contributed by atoms with van der Waals surface area (Å²) in [4.78, 5) is 14.7. The SMILES string of the molecule is CCc1cc2ccc(C(C)(C#N)Cc3c(F)c(F)c(F)c(F)c3F)cc2[nH]c1=O. The predicted octanol–water partition coefficient (Wildman–Crippen LogP) is 4.81. The first-order valence-corrected chi connectivity index (χ1v) is 8.71. The van der Waals surface area contributed by atoms with Crippen LogP contribution in [0.2, 0.25) is 0 Å². The van der Waals surface area contributed by atoms with Crippen LogP contribution >= 0.6 is 0 Å². The van der Waals surface area contributed by atoms with Gasteiger partial charge in [-0.3, -0.25) is 4.79 Å². The largest absolute Gasteiger partial charge is 0.322 e. The number of nitrogens with one attached hydrogen (secondary N) is 1. The molecular weight excluding hydrogens is 391 g/mol. The van der Waals surface area contributed by atoms with Crippen molar-refractivity contribution in [1.29, 1.82) is 5.26 Å². The number of aryl methyl sites for hydroxylation is 1. The summed E-state index contributed by atoms with van der Waals surface area (Å²) in [6.45, 7) is 3.15. The first kappa shape index (κ1) is 20.5. The van der Waals surface area contributed by atoms with E-state index >= 15 is 0 Å². The molecule has 29 heavy (non-hydrogen) atoms. The van der Waals surface area contributed by atoms with Crippen molar-refractivity contribution < 1.29 is 22.0 Å². The van der Waals surface area contributed by atoms with Crippen LogP contribution in [0.5, 0.6) is 0 Å². The standard InChI is InChI=1S/C21H15F5N2O/c1-3-10-6-11-4-5-12(7-14(11)28-20(10)29)21(2,9-27)8-13-15(22)17(24)19(26)18(25)16(13)23/h4-7H,3,8H2,1-2H3,(H,28,29). The maximum atomic E-state index is 14.1. The number of fused-ring (bicyclic) bond motifs is 1. The lowest BCUT2D eigenvalue weighted by atomic mass is 9.78. The number of benzene rings is 2. The average Bonchev–Trinajstić information content (AvgIpc) is 2.72. The molecule has 1 N–H and O–H groups in total. The second-order valence-corrected chi connectivity index (χ2v) is 6.95. The molecule has 3 nitrogen and oxygen atoms in total. The fourth-order valence-corrected chi connectivity index (χ4v) is 3.22.